The summed E-state index contributed by atoms with van der Waals surface area (Å²) in [6.45, 7) is 0.190. The zero-order chi connectivity index (χ0) is 16.8. The lowest BCUT2D eigenvalue weighted by atomic mass is 10.1. The number of hydrogen-bond acceptors (Lipinski definition) is 4. The molecule has 6 heteroatoms. The van der Waals surface area contributed by atoms with Crippen LogP contribution in [-0.4, -0.2) is 25.0 Å². The van der Waals surface area contributed by atoms with Gasteiger partial charge in [0.05, 0.1) is 20.8 Å². The largest absolute Gasteiger partial charge is 0.496 e. The molecule has 0 aliphatic carbocycles. The number of rotatable bonds is 5. The lowest BCUT2D eigenvalue weighted by molar-refractivity contribution is 0.0817. The first-order chi connectivity index (χ1) is 11.1. The molecule has 2 aromatic carbocycles. The van der Waals surface area contributed by atoms with Gasteiger partial charge in [0.15, 0.2) is 6.19 Å². The zero-order valence-electron chi connectivity index (χ0n) is 12.7. The van der Waals surface area contributed by atoms with Crippen molar-refractivity contribution < 1.29 is 14.3 Å². The molecular weight excluding hydrogens is 407 g/mol. The van der Waals surface area contributed by atoms with E-state index >= 15 is 0 Å². The van der Waals surface area contributed by atoms with E-state index in [4.69, 9.17) is 9.47 Å². The quantitative estimate of drug-likeness (QED) is 0.421. The summed E-state index contributed by atoms with van der Waals surface area (Å²) in [7, 11) is 2.95. The summed E-state index contributed by atoms with van der Waals surface area (Å²) in [5, 5.41) is 9.41. The minimum absolute atomic E-state index is 0.190. The first kappa shape index (κ1) is 17.1. The zero-order valence-corrected chi connectivity index (χ0v) is 14.9. The molecule has 0 aromatic heterocycles. The van der Waals surface area contributed by atoms with Crippen molar-refractivity contribution >= 4 is 28.5 Å². The van der Waals surface area contributed by atoms with Gasteiger partial charge in [-0.1, -0.05) is 24.3 Å². The second-order valence-electron chi connectivity index (χ2n) is 4.62. The van der Waals surface area contributed by atoms with E-state index in [2.05, 4.69) is 22.6 Å². The van der Waals surface area contributed by atoms with Gasteiger partial charge in [-0.3, -0.25) is 4.79 Å². The first-order valence-electron chi connectivity index (χ1n) is 6.78. The number of ether oxygens (including phenoxy) is 2. The Bertz CT molecular complexity index is 733. The number of nitrogens with zero attached hydrogens (tertiary/aromatic N) is 2. The molecule has 5 nitrogen and oxygen atoms in total. The molecule has 23 heavy (non-hydrogen) atoms. The molecule has 2 rings (SSSR count). The van der Waals surface area contributed by atoms with Crippen LogP contribution < -0.4 is 9.47 Å². The van der Waals surface area contributed by atoms with Crippen molar-refractivity contribution in [3.05, 3.63) is 57.2 Å². The number of carbonyl (C=O) groups is 1. The molecule has 0 heterocycles. The summed E-state index contributed by atoms with van der Waals surface area (Å²) >= 11 is 2.18. The van der Waals surface area contributed by atoms with Crippen molar-refractivity contribution in [2.24, 2.45) is 0 Å². The molecule has 0 unspecified atom stereocenters. The molecule has 118 valence electrons. The Balaban J connectivity index is 2.38. The highest BCUT2D eigenvalue weighted by molar-refractivity contribution is 14.1. The van der Waals surface area contributed by atoms with Crippen LogP contribution in [0.1, 0.15) is 15.9 Å². The van der Waals surface area contributed by atoms with Gasteiger partial charge in [0.1, 0.15) is 17.1 Å². The number of carbonyl (C=O) groups excluding carboxylic acids is 1. The Labute approximate surface area is 148 Å². The Morgan fingerprint density at radius 2 is 1.74 bits per heavy atom. The summed E-state index contributed by atoms with van der Waals surface area (Å²) in [5.41, 5.74) is 1.14. The Morgan fingerprint density at radius 1 is 1.13 bits per heavy atom. The maximum atomic E-state index is 12.8. The Kier molecular flexibility index (Phi) is 5.82. The molecule has 0 spiro atoms. The van der Waals surface area contributed by atoms with Crippen molar-refractivity contribution in [1.29, 1.82) is 5.26 Å². The van der Waals surface area contributed by atoms with Crippen LogP contribution in [-0.2, 0) is 6.54 Å². The number of nitriles is 1. The first-order valence-corrected chi connectivity index (χ1v) is 7.86. The third-order valence-corrected chi connectivity index (χ3v) is 4.35. The second-order valence-corrected chi connectivity index (χ2v) is 5.78. The van der Waals surface area contributed by atoms with Crippen molar-refractivity contribution in [2.75, 3.05) is 14.2 Å². The van der Waals surface area contributed by atoms with Crippen molar-refractivity contribution in [3.8, 4) is 17.7 Å². The van der Waals surface area contributed by atoms with Crippen molar-refractivity contribution in [3.63, 3.8) is 0 Å². The van der Waals surface area contributed by atoms with E-state index in [1.54, 1.807) is 18.2 Å². The molecule has 0 aliphatic rings. The summed E-state index contributed by atoms with van der Waals surface area (Å²) in [6, 6.07) is 12.7. The fourth-order valence-corrected chi connectivity index (χ4v) is 2.70. The van der Waals surface area contributed by atoms with Gasteiger partial charge in [-0.15, -0.1) is 0 Å². The van der Waals surface area contributed by atoms with E-state index in [1.165, 1.54) is 14.2 Å². The van der Waals surface area contributed by atoms with Crippen LogP contribution in [0, 0.1) is 15.0 Å². The van der Waals surface area contributed by atoms with Crippen molar-refractivity contribution in [1.82, 2.24) is 4.90 Å². The third kappa shape index (κ3) is 3.74. The van der Waals surface area contributed by atoms with Crippen LogP contribution in [0.15, 0.2) is 42.5 Å². The lowest BCUT2D eigenvalue weighted by Crippen LogP contribution is -2.27. The average molecular weight is 422 g/mol. The van der Waals surface area contributed by atoms with E-state index in [0.717, 1.165) is 14.0 Å². The van der Waals surface area contributed by atoms with Crippen LogP contribution in [0.3, 0.4) is 0 Å². The predicted octanol–water partition coefficient (Wildman–Crippen LogP) is 3.43. The standard InChI is InChI=1S/C17H15IN2O3/c1-22-14-8-5-9-15(23-2)16(14)17(21)20(11-19)10-12-6-3-4-7-13(12)18/h3-9H,10H2,1-2H3. The summed E-state index contributed by atoms with van der Waals surface area (Å²) in [6.07, 6.45) is 1.95. The molecule has 0 aliphatic heterocycles. The maximum absolute atomic E-state index is 12.8. The van der Waals surface area contributed by atoms with E-state index in [-0.39, 0.29) is 12.1 Å². The number of hydrogen-bond donors (Lipinski definition) is 0. The monoisotopic (exact) mass is 422 g/mol. The van der Waals surface area contributed by atoms with E-state index in [1.807, 2.05) is 30.5 Å². The van der Waals surface area contributed by atoms with Gasteiger partial charge in [0.25, 0.3) is 5.91 Å². The fraction of sp³-hybridized carbons (Fsp3) is 0.176. The van der Waals surface area contributed by atoms with Gasteiger partial charge in [-0.05, 0) is 46.4 Å². The predicted molar refractivity (Wildman–Crippen MR) is 94.2 cm³/mol. The third-order valence-electron chi connectivity index (χ3n) is 3.29. The summed E-state index contributed by atoms with van der Waals surface area (Å²) in [4.78, 5) is 13.9. The number of benzene rings is 2. The van der Waals surface area contributed by atoms with E-state index in [0.29, 0.717) is 11.5 Å². The summed E-state index contributed by atoms with van der Waals surface area (Å²) in [5.74, 6) is 0.288. The molecule has 1 amide bonds. The van der Waals surface area contributed by atoms with Gasteiger partial charge in [0.2, 0.25) is 0 Å². The molecule has 0 fully saturated rings. The Hall–Kier alpha value is -2.27. The molecule has 0 saturated heterocycles. The van der Waals surface area contributed by atoms with Crippen LogP contribution >= 0.6 is 22.6 Å². The minimum Gasteiger partial charge on any atom is -0.496 e. The number of amides is 1. The molecule has 0 radical (unpaired) electrons. The van der Waals surface area contributed by atoms with Gasteiger partial charge in [-0.2, -0.15) is 5.26 Å². The van der Waals surface area contributed by atoms with Crippen LogP contribution in [0.25, 0.3) is 0 Å². The van der Waals surface area contributed by atoms with E-state index < -0.39 is 5.91 Å². The summed E-state index contributed by atoms with van der Waals surface area (Å²) < 4.78 is 11.5. The SMILES string of the molecule is COc1cccc(OC)c1C(=O)N(C#N)Cc1ccccc1I. The maximum Gasteiger partial charge on any atom is 0.274 e. The minimum atomic E-state index is -0.457. The van der Waals surface area contributed by atoms with Crippen LogP contribution in [0.4, 0.5) is 0 Å². The molecular formula is C17H15IN2O3. The average Bonchev–Trinajstić information content (AvgIpc) is 2.59. The Morgan fingerprint density at radius 3 is 2.26 bits per heavy atom. The highest BCUT2D eigenvalue weighted by atomic mass is 127. The number of halogens is 1. The normalized spacial score (nSPS) is 9.83. The molecule has 2 aromatic rings. The lowest BCUT2D eigenvalue weighted by Gasteiger charge is -2.18. The van der Waals surface area contributed by atoms with Gasteiger partial charge in [-0.25, -0.2) is 4.90 Å². The second kappa shape index (κ2) is 7.83. The van der Waals surface area contributed by atoms with Crippen LogP contribution in [0.2, 0.25) is 0 Å². The van der Waals surface area contributed by atoms with Gasteiger partial charge < -0.3 is 9.47 Å². The highest BCUT2D eigenvalue weighted by Gasteiger charge is 2.24. The number of methoxy groups -OCH3 is 2. The molecule has 0 atom stereocenters. The molecule has 0 N–H and O–H groups in total. The smallest absolute Gasteiger partial charge is 0.274 e. The fourth-order valence-electron chi connectivity index (χ4n) is 2.15. The highest BCUT2D eigenvalue weighted by Crippen LogP contribution is 2.30. The van der Waals surface area contributed by atoms with Gasteiger partial charge in [0, 0.05) is 3.57 Å². The van der Waals surface area contributed by atoms with Crippen LogP contribution in [0.5, 0.6) is 11.5 Å². The van der Waals surface area contributed by atoms with E-state index in [9.17, 15) is 10.1 Å². The molecule has 0 saturated carbocycles. The molecule has 0 bridgehead atoms. The topological polar surface area (TPSA) is 62.6 Å². The van der Waals surface area contributed by atoms with Crippen molar-refractivity contribution in [2.45, 2.75) is 6.54 Å². The van der Waals surface area contributed by atoms with Gasteiger partial charge >= 0.3 is 0 Å².